The lowest BCUT2D eigenvalue weighted by Crippen LogP contribution is -2.35. The van der Waals surface area contributed by atoms with Crippen LogP contribution in [0, 0.1) is 18.8 Å². The average Bonchev–Trinajstić information content (AvgIpc) is 3.41. The van der Waals surface area contributed by atoms with Gasteiger partial charge in [0.25, 0.3) is 0 Å². The molecule has 144 valence electrons. The first-order chi connectivity index (χ1) is 12.7. The first-order valence-electron chi connectivity index (χ1n) is 10.7. The molecule has 3 atom stereocenters. The maximum absolute atomic E-state index is 11.8. The van der Waals surface area contributed by atoms with Crippen molar-refractivity contribution in [2.45, 2.75) is 84.5 Å². The number of hydrogen-bond donors (Lipinski definition) is 0. The van der Waals surface area contributed by atoms with Crippen LogP contribution in [0.5, 0.6) is 0 Å². The second-order valence-electron chi connectivity index (χ2n) is 10.2. The van der Waals surface area contributed by atoms with Gasteiger partial charge in [0.1, 0.15) is 0 Å². The molecule has 4 rings (SSSR count). The predicted octanol–water partition coefficient (Wildman–Crippen LogP) is 6.37. The van der Waals surface area contributed by atoms with Crippen molar-refractivity contribution in [3.05, 3.63) is 57.7 Å². The summed E-state index contributed by atoms with van der Waals surface area (Å²) in [7, 11) is 0. The van der Waals surface area contributed by atoms with E-state index in [1.807, 2.05) is 0 Å². The molecule has 1 saturated carbocycles. The van der Waals surface area contributed by atoms with Gasteiger partial charge in [-0.1, -0.05) is 57.6 Å². The van der Waals surface area contributed by atoms with Gasteiger partial charge in [-0.3, -0.25) is 4.79 Å². The van der Waals surface area contributed by atoms with Crippen molar-refractivity contribution >= 4 is 5.78 Å². The monoisotopic (exact) mass is 362 g/mol. The molecule has 1 nitrogen and oxygen atoms in total. The number of allylic oxidation sites excluding steroid dienone is 4. The lowest BCUT2D eigenvalue weighted by atomic mass is 9.61. The molecule has 1 aromatic carbocycles. The first kappa shape index (κ1) is 18.7. The Kier molecular flexibility index (Phi) is 4.29. The van der Waals surface area contributed by atoms with Crippen LogP contribution in [-0.2, 0) is 22.0 Å². The third-order valence-corrected chi connectivity index (χ3v) is 7.88. The lowest BCUT2D eigenvalue weighted by molar-refractivity contribution is -0.113. The predicted molar refractivity (Wildman–Crippen MR) is 113 cm³/mol. The van der Waals surface area contributed by atoms with E-state index in [-0.39, 0.29) is 11.2 Å². The highest BCUT2D eigenvalue weighted by Gasteiger charge is 2.45. The van der Waals surface area contributed by atoms with Gasteiger partial charge in [0, 0.05) is 0 Å². The fraction of sp³-hybridized carbons (Fsp3) is 0.577. The molecule has 0 heterocycles. The van der Waals surface area contributed by atoms with E-state index in [0.29, 0.717) is 17.3 Å². The molecule has 0 bridgehead atoms. The minimum absolute atomic E-state index is 0.253. The smallest absolute Gasteiger partial charge is 0.156 e. The molecule has 3 aliphatic rings. The highest BCUT2D eigenvalue weighted by Crippen LogP contribution is 2.53. The number of carbonyl (C=O) groups excluding carboxylic acids is 1. The normalized spacial score (nSPS) is 30.7. The zero-order valence-electron chi connectivity index (χ0n) is 17.9. The molecule has 0 saturated heterocycles. The Labute approximate surface area is 164 Å². The first-order valence-corrected chi connectivity index (χ1v) is 10.7. The van der Waals surface area contributed by atoms with Crippen molar-refractivity contribution in [3.63, 3.8) is 0 Å². The van der Waals surface area contributed by atoms with Crippen LogP contribution >= 0.6 is 0 Å². The Hall–Kier alpha value is -1.63. The van der Waals surface area contributed by atoms with E-state index in [2.05, 4.69) is 58.9 Å². The number of rotatable bonds is 4. The van der Waals surface area contributed by atoms with Crippen molar-refractivity contribution in [1.82, 2.24) is 0 Å². The Morgan fingerprint density at radius 3 is 2.48 bits per heavy atom. The van der Waals surface area contributed by atoms with E-state index in [1.165, 1.54) is 42.4 Å². The number of hydrogen-bond acceptors (Lipinski definition) is 1. The van der Waals surface area contributed by atoms with Crippen LogP contribution in [0.2, 0.25) is 0 Å². The Morgan fingerprint density at radius 1 is 1.07 bits per heavy atom. The van der Waals surface area contributed by atoms with Crippen molar-refractivity contribution in [2.24, 2.45) is 11.8 Å². The summed E-state index contributed by atoms with van der Waals surface area (Å²) in [6, 6.07) is 5.03. The maximum Gasteiger partial charge on any atom is 0.156 e. The van der Waals surface area contributed by atoms with Gasteiger partial charge in [-0.15, -0.1) is 0 Å². The summed E-state index contributed by atoms with van der Waals surface area (Å²) in [6.45, 7) is 13.6. The molecule has 3 unspecified atom stereocenters. The number of ketones is 1. The van der Waals surface area contributed by atoms with Gasteiger partial charge < -0.3 is 0 Å². The number of carbonyl (C=O) groups is 1. The third kappa shape index (κ3) is 3.04. The molecular formula is C26H34O. The number of aryl methyl sites for hydroxylation is 1. The van der Waals surface area contributed by atoms with E-state index in [9.17, 15) is 4.79 Å². The number of benzene rings is 1. The summed E-state index contributed by atoms with van der Waals surface area (Å²) >= 11 is 0. The van der Waals surface area contributed by atoms with Crippen LogP contribution in [0.15, 0.2) is 35.4 Å². The standard InChI is InChI=1S/C26H34O/c1-7-26(6)11-10-25(4,5)23-12-16(2)19(14-24(23)26)13-18-8-9-20(17(3)27)22-15-21(18)22/h8-9,12,14,21-22H,7,10-11,13,15H2,1-6H3. The maximum atomic E-state index is 11.8. The second-order valence-corrected chi connectivity index (χ2v) is 10.2. The van der Waals surface area contributed by atoms with Crippen molar-refractivity contribution < 1.29 is 4.79 Å². The van der Waals surface area contributed by atoms with Crippen molar-refractivity contribution in [1.29, 1.82) is 0 Å². The van der Waals surface area contributed by atoms with Crippen molar-refractivity contribution in [3.8, 4) is 0 Å². The van der Waals surface area contributed by atoms with Gasteiger partial charge in [-0.25, -0.2) is 0 Å². The largest absolute Gasteiger partial charge is 0.295 e. The Balaban J connectivity index is 1.72. The molecule has 1 heteroatoms. The summed E-state index contributed by atoms with van der Waals surface area (Å²) in [5.41, 5.74) is 9.23. The summed E-state index contributed by atoms with van der Waals surface area (Å²) in [5.74, 6) is 1.36. The van der Waals surface area contributed by atoms with Crippen LogP contribution in [0.1, 0.15) is 82.6 Å². The van der Waals surface area contributed by atoms with Gasteiger partial charge in [-0.05, 0) is 96.4 Å². The van der Waals surface area contributed by atoms with E-state index < -0.39 is 0 Å². The van der Waals surface area contributed by atoms with E-state index in [1.54, 1.807) is 18.1 Å². The zero-order valence-corrected chi connectivity index (χ0v) is 17.9. The minimum Gasteiger partial charge on any atom is -0.295 e. The van der Waals surface area contributed by atoms with E-state index in [4.69, 9.17) is 0 Å². The molecule has 0 spiro atoms. The average molecular weight is 363 g/mol. The fourth-order valence-corrected chi connectivity index (χ4v) is 5.41. The van der Waals surface area contributed by atoms with Crippen LogP contribution in [0.25, 0.3) is 0 Å². The van der Waals surface area contributed by atoms with Crippen molar-refractivity contribution in [2.75, 3.05) is 0 Å². The Morgan fingerprint density at radius 2 is 1.81 bits per heavy atom. The van der Waals surface area contributed by atoms with E-state index >= 15 is 0 Å². The quantitative estimate of drug-likeness (QED) is 0.608. The molecule has 0 amide bonds. The highest BCUT2D eigenvalue weighted by molar-refractivity contribution is 5.95. The SMILES string of the molecule is CCC1(C)CCC(C)(C)c2cc(C)c(CC3=CC=C(C(C)=O)C4CC34)cc21. The molecule has 3 aliphatic carbocycles. The van der Waals surface area contributed by atoms with Crippen LogP contribution in [-0.4, -0.2) is 5.78 Å². The molecule has 0 aliphatic heterocycles. The number of fused-ring (bicyclic) bond motifs is 2. The van der Waals surface area contributed by atoms with Crippen LogP contribution in [0.3, 0.4) is 0 Å². The highest BCUT2D eigenvalue weighted by atomic mass is 16.1. The zero-order chi connectivity index (χ0) is 19.6. The summed E-state index contributed by atoms with van der Waals surface area (Å²) < 4.78 is 0. The van der Waals surface area contributed by atoms with Gasteiger partial charge in [0.15, 0.2) is 5.78 Å². The summed E-state index contributed by atoms with van der Waals surface area (Å²) in [5, 5.41) is 0. The molecule has 0 N–H and O–H groups in total. The molecule has 0 radical (unpaired) electrons. The Bertz CT molecular complexity index is 866. The molecular weight excluding hydrogens is 328 g/mol. The summed E-state index contributed by atoms with van der Waals surface area (Å²) in [6.07, 6.45) is 10.3. The van der Waals surface area contributed by atoms with E-state index in [0.717, 1.165) is 12.0 Å². The van der Waals surface area contributed by atoms with Crippen LogP contribution in [0.4, 0.5) is 0 Å². The third-order valence-electron chi connectivity index (χ3n) is 7.88. The molecule has 1 fully saturated rings. The second kappa shape index (κ2) is 6.19. The van der Waals surface area contributed by atoms with Gasteiger partial charge in [-0.2, -0.15) is 0 Å². The van der Waals surface area contributed by atoms with Crippen LogP contribution < -0.4 is 0 Å². The van der Waals surface area contributed by atoms with Gasteiger partial charge in [0.05, 0.1) is 0 Å². The lowest BCUT2D eigenvalue weighted by Gasteiger charge is -2.44. The molecule has 1 aromatic rings. The molecule has 27 heavy (non-hydrogen) atoms. The minimum atomic E-state index is 0.253. The van der Waals surface area contributed by atoms with Gasteiger partial charge >= 0.3 is 0 Å². The fourth-order valence-electron chi connectivity index (χ4n) is 5.41. The summed E-state index contributed by atoms with van der Waals surface area (Å²) in [4.78, 5) is 11.8. The number of Topliss-reactive ketones (excluding diaryl/α,β-unsaturated/α-hetero) is 1. The molecule has 0 aromatic heterocycles. The topological polar surface area (TPSA) is 17.1 Å². The van der Waals surface area contributed by atoms with Gasteiger partial charge in [0.2, 0.25) is 0 Å².